The van der Waals surface area contributed by atoms with E-state index in [0.717, 1.165) is 0 Å². The average Bonchev–Trinajstić information content (AvgIpc) is 2.18. The molecule has 1 aromatic rings. The number of anilines is 1. The monoisotopic (exact) mass is 181 g/mol. The van der Waals surface area contributed by atoms with E-state index in [1.165, 1.54) is 14.2 Å². The normalized spacial score (nSPS) is 9.08. The predicted molar refractivity (Wildman–Crippen MR) is 49.0 cm³/mol. The fraction of sp³-hybridized carbons (Fsp3) is 0.222. The number of carbonyl (C=O) groups excluding carboxylic acids is 1. The highest BCUT2D eigenvalue weighted by molar-refractivity contribution is 5.86. The van der Waals surface area contributed by atoms with Gasteiger partial charge in [0.05, 0.1) is 19.9 Å². The highest BCUT2D eigenvalue weighted by Crippen LogP contribution is 2.22. The van der Waals surface area contributed by atoms with E-state index in [1.807, 2.05) is 6.07 Å². The van der Waals surface area contributed by atoms with Crippen LogP contribution in [0.1, 0.15) is 0 Å². The van der Waals surface area contributed by atoms with Gasteiger partial charge in [0, 0.05) is 0 Å². The second-order valence-corrected chi connectivity index (χ2v) is 2.32. The van der Waals surface area contributed by atoms with Crippen LogP contribution < -0.4 is 10.1 Å². The molecule has 70 valence electrons. The number of nitrogens with one attached hydrogen (secondary N) is 1. The van der Waals surface area contributed by atoms with Gasteiger partial charge in [-0.2, -0.15) is 0 Å². The van der Waals surface area contributed by atoms with Crippen molar-refractivity contribution in [3.8, 4) is 5.75 Å². The summed E-state index contributed by atoms with van der Waals surface area (Å²) in [6.45, 7) is 0. The Morgan fingerprint density at radius 3 is 2.62 bits per heavy atom. The lowest BCUT2D eigenvalue weighted by atomic mass is 10.3. The lowest BCUT2D eigenvalue weighted by Crippen LogP contribution is -2.11. The van der Waals surface area contributed by atoms with Gasteiger partial charge in [-0.05, 0) is 12.1 Å². The summed E-state index contributed by atoms with van der Waals surface area (Å²) in [5, 5.41) is 2.52. The molecule has 1 amide bonds. The van der Waals surface area contributed by atoms with Crippen LogP contribution in [-0.4, -0.2) is 20.3 Å². The molecular formula is C9H11NO3. The van der Waals surface area contributed by atoms with E-state index >= 15 is 0 Å². The summed E-state index contributed by atoms with van der Waals surface area (Å²) in [5.74, 6) is 0.605. The van der Waals surface area contributed by atoms with Crippen molar-refractivity contribution in [1.29, 1.82) is 0 Å². The second-order valence-electron chi connectivity index (χ2n) is 2.32. The van der Waals surface area contributed by atoms with Crippen LogP contribution in [0.15, 0.2) is 24.3 Å². The Labute approximate surface area is 76.5 Å². The van der Waals surface area contributed by atoms with Gasteiger partial charge in [0.15, 0.2) is 0 Å². The maximum absolute atomic E-state index is 10.9. The van der Waals surface area contributed by atoms with Crippen LogP contribution in [0.4, 0.5) is 10.5 Å². The van der Waals surface area contributed by atoms with Crippen molar-refractivity contribution in [2.45, 2.75) is 0 Å². The Bertz CT molecular complexity index is 299. The first-order valence-corrected chi connectivity index (χ1v) is 3.76. The zero-order valence-electron chi connectivity index (χ0n) is 7.53. The number of para-hydroxylation sites is 2. The van der Waals surface area contributed by atoms with Gasteiger partial charge >= 0.3 is 6.09 Å². The number of rotatable bonds is 2. The minimum atomic E-state index is -0.510. The molecule has 1 N–H and O–H groups in total. The van der Waals surface area contributed by atoms with E-state index in [2.05, 4.69) is 10.1 Å². The highest BCUT2D eigenvalue weighted by atomic mass is 16.5. The fourth-order valence-corrected chi connectivity index (χ4v) is 0.909. The molecule has 0 heterocycles. The Hall–Kier alpha value is -1.71. The van der Waals surface area contributed by atoms with Crippen LogP contribution in [0, 0.1) is 0 Å². The van der Waals surface area contributed by atoms with Crippen molar-refractivity contribution < 1.29 is 14.3 Å². The Morgan fingerprint density at radius 1 is 1.31 bits per heavy atom. The van der Waals surface area contributed by atoms with Crippen molar-refractivity contribution in [2.24, 2.45) is 0 Å². The molecule has 0 radical (unpaired) electrons. The first-order valence-electron chi connectivity index (χ1n) is 3.76. The highest BCUT2D eigenvalue weighted by Gasteiger charge is 2.04. The van der Waals surface area contributed by atoms with Gasteiger partial charge in [0.25, 0.3) is 0 Å². The lowest BCUT2D eigenvalue weighted by molar-refractivity contribution is 0.187. The summed E-state index contributed by atoms with van der Waals surface area (Å²) < 4.78 is 9.47. The topological polar surface area (TPSA) is 47.6 Å². The third-order valence-electron chi connectivity index (χ3n) is 1.53. The molecular weight excluding hydrogens is 170 g/mol. The van der Waals surface area contributed by atoms with Crippen LogP contribution in [0.2, 0.25) is 0 Å². The summed E-state index contributed by atoms with van der Waals surface area (Å²) in [6.07, 6.45) is -0.510. The smallest absolute Gasteiger partial charge is 0.411 e. The van der Waals surface area contributed by atoms with Gasteiger partial charge in [-0.15, -0.1) is 0 Å². The van der Waals surface area contributed by atoms with E-state index in [4.69, 9.17) is 4.74 Å². The molecule has 0 spiro atoms. The summed E-state index contributed by atoms with van der Waals surface area (Å²) in [5.41, 5.74) is 0.594. The molecule has 1 aromatic carbocycles. The number of hydrogen-bond acceptors (Lipinski definition) is 3. The predicted octanol–water partition coefficient (Wildman–Crippen LogP) is 1.87. The first-order chi connectivity index (χ1) is 6.27. The van der Waals surface area contributed by atoms with Crippen LogP contribution in [0.25, 0.3) is 0 Å². The Kier molecular flexibility index (Phi) is 3.14. The molecule has 0 aliphatic carbocycles. The second kappa shape index (κ2) is 4.35. The van der Waals surface area contributed by atoms with Crippen LogP contribution in [-0.2, 0) is 4.74 Å². The van der Waals surface area contributed by atoms with Crippen molar-refractivity contribution in [3.05, 3.63) is 24.3 Å². The van der Waals surface area contributed by atoms with Gasteiger partial charge in [0.1, 0.15) is 5.75 Å². The molecule has 1 rings (SSSR count). The standard InChI is InChI=1S/C9H11NO3/c1-12-8-6-4-3-5-7(8)10-9(11)13-2/h3-6H,1-2H3,(H,10,11). The van der Waals surface area contributed by atoms with E-state index in [9.17, 15) is 4.79 Å². The zero-order chi connectivity index (χ0) is 9.68. The lowest BCUT2D eigenvalue weighted by Gasteiger charge is -2.07. The summed E-state index contributed by atoms with van der Waals surface area (Å²) >= 11 is 0. The van der Waals surface area contributed by atoms with E-state index in [1.54, 1.807) is 18.2 Å². The van der Waals surface area contributed by atoms with Crippen molar-refractivity contribution in [2.75, 3.05) is 19.5 Å². The van der Waals surface area contributed by atoms with Gasteiger partial charge in [-0.25, -0.2) is 4.79 Å². The van der Waals surface area contributed by atoms with Crippen LogP contribution in [0.3, 0.4) is 0 Å². The molecule has 0 aliphatic heterocycles. The van der Waals surface area contributed by atoms with E-state index in [-0.39, 0.29) is 0 Å². The molecule has 13 heavy (non-hydrogen) atoms. The molecule has 0 aliphatic rings. The largest absolute Gasteiger partial charge is 0.495 e. The summed E-state index contributed by atoms with van der Waals surface area (Å²) in [7, 11) is 2.85. The number of amides is 1. The minimum Gasteiger partial charge on any atom is -0.495 e. The molecule has 4 nitrogen and oxygen atoms in total. The number of methoxy groups -OCH3 is 2. The maximum atomic E-state index is 10.9. The third kappa shape index (κ3) is 2.37. The van der Waals surface area contributed by atoms with E-state index in [0.29, 0.717) is 11.4 Å². The molecule has 0 saturated heterocycles. The van der Waals surface area contributed by atoms with Gasteiger partial charge in [-0.1, -0.05) is 12.1 Å². The quantitative estimate of drug-likeness (QED) is 0.757. The number of carbonyl (C=O) groups is 1. The molecule has 0 atom stereocenters. The molecule has 0 bridgehead atoms. The Balaban J connectivity index is 2.81. The van der Waals surface area contributed by atoms with Gasteiger partial charge in [-0.3, -0.25) is 5.32 Å². The molecule has 0 saturated carbocycles. The van der Waals surface area contributed by atoms with Crippen molar-refractivity contribution >= 4 is 11.8 Å². The van der Waals surface area contributed by atoms with Crippen molar-refractivity contribution in [1.82, 2.24) is 0 Å². The number of ether oxygens (including phenoxy) is 2. The fourth-order valence-electron chi connectivity index (χ4n) is 0.909. The number of benzene rings is 1. The number of hydrogen-bond donors (Lipinski definition) is 1. The molecule has 0 unspecified atom stereocenters. The SMILES string of the molecule is COC(=O)Nc1ccccc1OC. The minimum absolute atomic E-state index is 0.510. The zero-order valence-corrected chi connectivity index (χ0v) is 7.53. The third-order valence-corrected chi connectivity index (χ3v) is 1.53. The molecule has 4 heteroatoms. The first kappa shape index (κ1) is 9.38. The maximum Gasteiger partial charge on any atom is 0.411 e. The van der Waals surface area contributed by atoms with Crippen molar-refractivity contribution in [3.63, 3.8) is 0 Å². The van der Waals surface area contributed by atoms with Crippen LogP contribution in [0.5, 0.6) is 5.75 Å². The van der Waals surface area contributed by atoms with Gasteiger partial charge in [0.2, 0.25) is 0 Å². The summed E-state index contributed by atoms with van der Waals surface area (Å²) in [4.78, 5) is 10.9. The Morgan fingerprint density at radius 2 is 2.00 bits per heavy atom. The van der Waals surface area contributed by atoms with Crippen LogP contribution >= 0.6 is 0 Å². The van der Waals surface area contributed by atoms with Gasteiger partial charge < -0.3 is 9.47 Å². The average molecular weight is 181 g/mol. The molecule has 0 aromatic heterocycles. The summed E-state index contributed by atoms with van der Waals surface area (Å²) in [6, 6.07) is 7.11. The molecule has 0 fully saturated rings. The van der Waals surface area contributed by atoms with E-state index < -0.39 is 6.09 Å².